The van der Waals surface area contributed by atoms with Gasteiger partial charge in [-0.25, -0.2) is 19.8 Å². The van der Waals surface area contributed by atoms with Crippen LogP contribution in [0.25, 0.3) is 81.4 Å². The fourth-order valence-corrected chi connectivity index (χ4v) is 6.86. The van der Waals surface area contributed by atoms with Crippen molar-refractivity contribution in [1.29, 1.82) is 0 Å². The molecule has 2 aromatic heterocycles. The molecular weight excluding hydrogens is 569 g/mol. The van der Waals surface area contributed by atoms with E-state index in [9.17, 15) is 0 Å². The van der Waals surface area contributed by atoms with E-state index >= 15 is 0 Å². The van der Waals surface area contributed by atoms with Crippen molar-refractivity contribution in [3.63, 3.8) is 0 Å². The molecule has 0 aliphatic carbocycles. The van der Waals surface area contributed by atoms with Crippen molar-refractivity contribution in [2.24, 2.45) is 0 Å². The Kier molecular flexibility index (Phi) is 6.68. The second kappa shape index (κ2) is 11.3. The Morgan fingerprint density at radius 1 is 0.422 bits per heavy atom. The van der Waals surface area contributed by atoms with E-state index in [1.807, 2.05) is 54.6 Å². The topological polar surface area (TPSA) is 43.0 Å². The Morgan fingerprint density at radius 2 is 0.867 bits per heavy atom. The standard InChI is InChI=1S/C40H24N4S/c1-41-34-24-32(25-36-37(34)33-14-8-9-15-35(33)45-36)40-43-38(30-20-16-28(17-21-30)26-10-4-2-5-11-26)42-39(44-40)31-22-18-29(19-23-31)27-12-6-3-7-13-27/h2-25H. The molecule has 4 nitrogen and oxygen atoms in total. The molecule has 210 valence electrons. The Labute approximate surface area is 264 Å². The molecule has 0 amide bonds. The SMILES string of the molecule is [C-]#[N+]c1cc(-c2nc(-c3ccc(-c4ccccc4)cc3)nc(-c3ccc(-c4ccccc4)cc3)n2)cc2sc3ccccc3c12. The fourth-order valence-electron chi connectivity index (χ4n) is 5.70. The molecule has 0 saturated carbocycles. The Balaban J connectivity index is 1.28. The number of rotatable bonds is 5. The maximum absolute atomic E-state index is 8.01. The third-order valence-corrected chi connectivity index (χ3v) is 9.09. The summed E-state index contributed by atoms with van der Waals surface area (Å²) in [6.45, 7) is 8.01. The van der Waals surface area contributed by atoms with Crippen molar-refractivity contribution in [2.45, 2.75) is 0 Å². The average molecular weight is 593 g/mol. The summed E-state index contributed by atoms with van der Waals surface area (Å²) in [5, 5.41) is 2.08. The van der Waals surface area contributed by atoms with Crippen molar-refractivity contribution >= 4 is 37.2 Å². The van der Waals surface area contributed by atoms with Crippen molar-refractivity contribution in [3.8, 4) is 56.4 Å². The molecule has 0 radical (unpaired) electrons. The lowest BCUT2D eigenvalue weighted by Crippen LogP contribution is -2.00. The lowest BCUT2D eigenvalue weighted by atomic mass is 10.0. The summed E-state index contributed by atoms with van der Waals surface area (Å²) in [7, 11) is 0. The average Bonchev–Trinajstić information content (AvgIpc) is 3.51. The molecule has 0 aliphatic heterocycles. The maximum atomic E-state index is 8.01. The molecule has 0 spiro atoms. The summed E-state index contributed by atoms with van der Waals surface area (Å²) in [6, 6.07) is 49.5. The van der Waals surface area contributed by atoms with Crippen LogP contribution in [0.3, 0.4) is 0 Å². The highest BCUT2D eigenvalue weighted by molar-refractivity contribution is 7.26. The van der Waals surface area contributed by atoms with E-state index in [4.69, 9.17) is 21.5 Å². The minimum atomic E-state index is 0.540. The first kappa shape index (κ1) is 26.7. The molecule has 8 rings (SSSR count). The van der Waals surface area contributed by atoms with Crippen LogP contribution in [0, 0.1) is 6.57 Å². The van der Waals surface area contributed by atoms with E-state index in [1.165, 1.54) is 0 Å². The van der Waals surface area contributed by atoms with Crippen molar-refractivity contribution in [1.82, 2.24) is 15.0 Å². The summed E-state index contributed by atoms with van der Waals surface area (Å²) >= 11 is 1.69. The predicted molar refractivity (Wildman–Crippen MR) is 186 cm³/mol. The molecule has 0 N–H and O–H groups in total. The van der Waals surface area contributed by atoms with Gasteiger partial charge in [0, 0.05) is 31.5 Å². The number of aromatic nitrogens is 3. The third-order valence-electron chi connectivity index (χ3n) is 7.97. The van der Waals surface area contributed by atoms with Crippen LogP contribution in [-0.4, -0.2) is 15.0 Å². The normalized spacial score (nSPS) is 11.1. The zero-order valence-corrected chi connectivity index (χ0v) is 24.9. The molecular formula is C40H24N4S. The van der Waals surface area contributed by atoms with Gasteiger partial charge in [-0.15, -0.1) is 11.3 Å². The van der Waals surface area contributed by atoms with Gasteiger partial charge in [0.1, 0.15) is 0 Å². The molecule has 0 fully saturated rings. The van der Waals surface area contributed by atoms with Gasteiger partial charge in [-0.2, -0.15) is 0 Å². The number of thiophene rings is 1. The Bertz CT molecular complexity index is 2250. The van der Waals surface area contributed by atoms with E-state index in [-0.39, 0.29) is 0 Å². The molecule has 6 aromatic carbocycles. The number of benzene rings is 6. The summed E-state index contributed by atoms with van der Waals surface area (Å²) in [5.41, 5.74) is 7.76. The van der Waals surface area contributed by atoms with Crippen LogP contribution >= 0.6 is 11.3 Å². The van der Waals surface area contributed by atoms with Crippen molar-refractivity contribution < 1.29 is 0 Å². The number of hydrogen-bond acceptors (Lipinski definition) is 4. The number of nitrogens with zero attached hydrogens (tertiary/aromatic N) is 4. The minimum Gasteiger partial charge on any atom is -0.237 e. The van der Waals surface area contributed by atoms with Crippen LogP contribution in [0.1, 0.15) is 0 Å². The fraction of sp³-hybridized carbons (Fsp3) is 0. The van der Waals surface area contributed by atoms with Crippen molar-refractivity contribution in [3.05, 3.63) is 157 Å². The van der Waals surface area contributed by atoms with E-state index in [0.29, 0.717) is 23.2 Å². The predicted octanol–water partition coefficient (Wildman–Crippen LogP) is 11.1. The first-order valence-electron chi connectivity index (χ1n) is 14.6. The van der Waals surface area contributed by atoms with Gasteiger partial charge in [-0.3, -0.25) is 0 Å². The summed E-state index contributed by atoms with van der Waals surface area (Å²) in [5.74, 6) is 1.71. The van der Waals surface area contributed by atoms with E-state index in [2.05, 4.69) is 95.8 Å². The third kappa shape index (κ3) is 5.04. The van der Waals surface area contributed by atoms with E-state index in [1.54, 1.807) is 11.3 Å². The summed E-state index contributed by atoms with van der Waals surface area (Å²) in [6.07, 6.45) is 0. The largest absolute Gasteiger partial charge is 0.237 e. The number of fused-ring (bicyclic) bond motifs is 3. The van der Waals surface area contributed by atoms with Gasteiger partial charge in [0.25, 0.3) is 0 Å². The quantitative estimate of drug-likeness (QED) is 0.187. The zero-order valence-electron chi connectivity index (χ0n) is 24.1. The van der Waals surface area contributed by atoms with Gasteiger partial charge < -0.3 is 0 Å². The molecule has 0 unspecified atom stereocenters. The van der Waals surface area contributed by atoms with Crippen LogP contribution < -0.4 is 0 Å². The molecule has 0 atom stereocenters. The molecule has 0 aliphatic rings. The highest BCUT2D eigenvalue weighted by Crippen LogP contribution is 2.42. The summed E-state index contributed by atoms with van der Waals surface area (Å²) < 4.78 is 2.20. The Hall–Kier alpha value is -5.96. The number of hydrogen-bond donors (Lipinski definition) is 0. The van der Waals surface area contributed by atoms with Gasteiger partial charge >= 0.3 is 0 Å². The Morgan fingerprint density at radius 3 is 1.40 bits per heavy atom. The molecule has 0 saturated heterocycles. The van der Waals surface area contributed by atoms with Crippen LogP contribution in [0.2, 0.25) is 0 Å². The first-order valence-corrected chi connectivity index (χ1v) is 15.5. The maximum Gasteiger partial charge on any atom is 0.197 e. The van der Waals surface area contributed by atoms with Crippen LogP contribution in [0.15, 0.2) is 146 Å². The first-order chi connectivity index (χ1) is 22.2. The lowest BCUT2D eigenvalue weighted by molar-refractivity contribution is 1.07. The molecule has 45 heavy (non-hydrogen) atoms. The molecule has 0 bridgehead atoms. The highest BCUT2D eigenvalue weighted by Gasteiger charge is 2.17. The minimum absolute atomic E-state index is 0.540. The van der Waals surface area contributed by atoms with Crippen LogP contribution in [0.5, 0.6) is 0 Å². The van der Waals surface area contributed by atoms with Gasteiger partial charge in [-0.1, -0.05) is 127 Å². The lowest BCUT2D eigenvalue weighted by Gasteiger charge is -2.10. The molecule has 8 aromatic rings. The second-order valence-corrected chi connectivity index (χ2v) is 11.9. The van der Waals surface area contributed by atoms with Gasteiger partial charge in [-0.05, 0) is 45.8 Å². The highest BCUT2D eigenvalue weighted by atomic mass is 32.1. The zero-order chi connectivity index (χ0) is 30.2. The van der Waals surface area contributed by atoms with E-state index in [0.717, 1.165) is 59.1 Å². The van der Waals surface area contributed by atoms with Crippen molar-refractivity contribution in [2.75, 3.05) is 0 Å². The van der Waals surface area contributed by atoms with E-state index < -0.39 is 0 Å². The van der Waals surface area contributed by atoms with Gasteiger partial charge in [0.2, 0.25) is 0 Å². The van der Waals surface area contributed by atoms with Crippen LogP contribution in [0.4, 0.5) is 5.69 Å². The second-order valence-electron chi connectivity index (χ2n) is 10.8. The van der Waals surface area contributed by atoms with Gasteiger partial charge in [0.15, 0.2) is 23.2 Å². The molecule has 2 heterocycles. The molecule has 5 heteroatoms. The summed E-state index contributed by atoms with van der Waals surface area (Å²) in [4.78, 5) is 18.9. The van der Waals surface area contributed by atoms with Gasteiger partial charge in [0.05, 0.1) is 6.57 Å². The monoisotopic (exact) mass is 592 g/mol. The smallest absolute Gasteiger partial charge is 0.197 e. The van der Waals surface area contributed by atoms with Crippen LogP contribution in [-0.2, 0) is 0 Å².